The first-order chi connectivity index (χ1) is 11.8. The van der Waals surface area contributed by atoms with Gasteiger partial charge in [0, 0.05) is 5.69 Å². The maximum Gasteiger partial charge on any atom is 0.267 e. The summed E-state index contributed by atoms with van der Waals surface area (Å²) < 4.78 is 31.0. The lowest BCUT2D eigenvalue weighted by Gasteiger charge is -2.33. The minimum atomic E-state index is -3.56. The van der Waals surface area contributed by atoms with Crippen molar-refractivity contribution < 1.29 is 17.9 Å². The van der Waals surface area contributed by atoms with Crippen molar-refractivity contribution in [2.45, 2.75) is 6.10 Å². The molecule has 1 atom stereocenters. The van der Waals surface area contributed by atoms with E-state index in [4.69, 9.17) is 27.9 Å². The number of carbonyl (C=O) groups excluding carboxylic acids is 1. The molecule has 132 valence electrons. The Hall–Kier alpha value is -1.96. The Balaban J connectivity index is 1.85. The highest BCUT2D eigenvalue weighted by Crippen LogP contribution is 2.35. The molecule has 6 nitrogen and oxygen atoms in total. The summed E-state index contributed by atoms with van der Waals surface area (Å²) in [5.74, 6) is -0.157. The maximum absolute atomic E-state index is 12.5. The molecule has 9 heteroatoms. The number of sulfonamides is 1. The highest BCUT2D eigenvalue weighted by molar-refractivity contribution is 7.92. The maximum atomic E-state index is 12.5. The van der Waals surface area contributed by atoms with Gasteiger partial charge in [0.05, 0.1) is 28.5 Å². The van der Waals surface area contributed by atoms with Gasteiger partial charge >= 0.3 is 0 Å². The third-order valence-electron chi connectivity index (χ3n) is 3.61. The van der Waals surface area contributed by atoms with Crippen LogP contribution in [0.15, 0.2) is 42.5 Å². The van der Waals surface area contributed by atoms with Crippen molar-refractivity contribution in [1.82, 2.24) is 0 Å². The molecule has 0 saturated heterocycles. The van der Waals surface area contributed by atoms with Crippen molar-refractivity contribution in [2.75, 3.05) is 22.4 Å². The molecule has 0 spiro atoms. The number of amides is 1. The molecule has 1 amide bonds. The Morgan fingerprint density at radius 2 is 1.92 bits per heavy atom. The fraction of sp³-hybridized carbons (Fsp3) is 0.188. The predicted octanol–water partition coefficient (Wildman–Crippen LogP) is 3.16. The van der Waals surface area contributed by atoms with E-state index < -0.39 is 22.0 Å². The van der Waals surface area contributed by atoms with Crippen LogP contribution in [0.3, 0.4) is 0 Å². The molecule has 1 heterocycles. The van der Waals surface area contributed by atoms with Gasteiger partial charge in [-0.15, -0.1) is 0 Å². The topological polar surface area (TPSA) is 75.7 Å². The average Bonchev–Trinajstić information content (AvgIpc) is 2.56. The fourth-order valence-corrected chi connectivity index (χ4v) is 3.66. The monoisotopic (exact) mass is 400 g/mol. The van der Waals surface area contributed by atoms with Gasteiger partial charge in [-0.2, -0.15) is 0 Å². The summed E-state index contributed by atoms with van der Waals surface area (Å²) in [6.07, 6.45) is 0.0855. The summed E-state index contributed by atoms with van der Waals surface area (Å²) in [5, 5.41) is 3.32. The highest BCUT2D eigenvalue weighted by atomic mass is 35.5. The van der Waals surface area contributed by atoms with Gasteiger partial charge < -0.3 is 10.1 Å². The third-order valence-corrected chi connectivity index (χ3v) is 5.50. The van der Waals surface area contributed by atoms with Crippen molar-refractivity contribution in [2.24, 2.45) is 0 Å². The van der Waals surface area contributed by atoms with E-state index in [1.54, 1.807) is 36.4 Å². The van der Waals surface area contributed by atoms with Gasteiger partial charge in [0.15, 0.2) is 6.10 Å². The summed E-state index contributed by atoms with van der Waals surface area (Å²) in [5.41, 5.74) is 0.844. The number of benzene rings is 2. The number of ether oxygens (including phenoxy) is 1. The van der Waals surface area contributed by atoms with Crippen LogP contribution >= 0.6 is 23.2 Å². The van der Waals surface area contributed by atoms with Gasteiger partial charge in [-0.25, -0.2) is 8.42 Å². The van der Waals surface area contributed by atoms with Crippen molar-refractivity contribution in [3.8, 4) is 5.75 Å². The summed E-state index contributed by atoms with van der Waals surface area (Å²) in [7, 11) is -3.56. The molecule has 25 heavy (non-hydrogen) atoms. The standard InChI is InChI=1S/C16H14Cl2N2O4S/c1-25(22,23)20-9-15(24-14-5-3-2-4-13(14)20)16(21)19-10-6-7-11(17)12(18)8-10/h2-8,15H,9H2,1H3,(H,19,21)/t15-/m1/s1. The molecule has 0 saturated carbocycles. The number of hydrogen-bond donors (Lipinski definition) is 1. The largest absolute Gasteiger partial charge is 0.476 e. The smallest absolute Gasteiger partial charge is 0.267 e. The third kappa shape index (κ3) is 3.84. The number of nitrogens with one attached hydrogen (secondary N) is 1. The van der Waals surface area contributed by atoms with E-state index in [0.717, 1.165) is 10.6 Å². The zero-order chi connectivity index (χ0) is 18.2. The number of para-hydroxylation sites is 2. The van der Waals surface area contributed by atoms with Gasteiger partial charge in [0.2, 0.25) is 10.0 Å². The average molecular weight is 401 g/mol. The first-order valence-electron chi connectivity index (χ1n) is 7.25. The SMILES string of the molecule is CS(=O)(=O)N1C[C@H](C(=O)Nc2ccc(Cl)c(Cl)c2)Oc2ccccc21. The zero-order valence-corrected chi connectivity index (χ0v) is 15.4. The summed E-state index contributed by atoms with van der Waals surface area (Å²) in [6.45, 7) is -0.122. The lowest BCUT2D eigenvalue weighted by atomic mass is 10.2. The van der Waals surface area contributed by atoms with Gasteiger partial charge in [0.1, 0.15) is 5.75 Å². The first-order valence-corrected chi connectivity index (χ1v) is 9.85. The van der Waals surface area contributed by atoms with Crippen LogP contribution in [-0.2, 0) is 14.8 Å². The Kier molecular flexibility index (Phi) is 4.81. The van der Waals surface area contributed by atoms with E-state index in [1.807, 2.05) is 0 Å². The lowest BCUT2D eigenvalue weighted by Crippen LogP contribution is -2.48. The second-order valence-electron chi connectivity index (χ2n) is 5.49. The van der Waals surface area contributed by atoms with Crippen molar-refractivity contribution in [1.29, 1.82) is 0 Å². The second-order valence-corrected chi connectivity index (χ2v) is 8.21. The molecule has 0 unspecified atom stereocenters. The minimum absolute atomic E-state index is 0.122. The second kappa shape index (κ2) is 6.74. The van der Waals surface area contributed by atoms with Gasteiger partial charge in [-0.05, 0) is 30.3 Å². The predicted molar refractivity (Wildman–Crippen MR) is 98.1 cm³/mol. The van der Waals surface area contributed by atoms with Crippen molar-refractivity contribution in [3.63, 3.8) is 0 Å². The molecule has 1 aliphatic rings. The summed E-state index contributed by atoms with van der Waals surface area (Å²) >= 11 is 11.8. The van der Waals surface area contributed by atoms with Crippen LogP contribution in [0.5, 0.6) is 5.75 Å². The molecule has 0 fully saturated rings. The van der Waals surface area contributed by atoms with Gasteiger partial charge in [-0.1, -0.05) is 35.3 Å². The molecule has 0 aliphatic carbocycles. The number of carbonyl (C=O) groups is 1. The van der Waals surface area contributed by atoms with Gasteiger partial charge in [0.25, 0.3) is 5.91 Å². The van der Waals surface area contributed by atoms with E-state index in [-0.39, 0.29) is 6.54 Å². The number of halogens is 2. The van der Waals surface area contributed by atoms with Crippen molar-refractivity contribution >= 4 is 50.5 Å². The Morgan fingerprint density at radius 3 is 2.60 bits per heavy atom. The van der Waals surface area contributed by atoms with Crippen LogP contribution < -0.4 is 14.4 Å². The normalized spacial score (nSPS) is 16.8. The van der Waals surface area contributed by atoms with E-state index in [1.165, 1.54) is 6.07 Å². The molecule has 2 aromatic rings. The van der Waals surface area contributed by atoms with Crippen LogP contribution in [0.4, 0.5) is 11.4 Å². The Bertz CT molecular complexity index is 933. The molecule has 1 N–H and O–H groups in total. The molecule has 0 aromatic heterocycles. The highest BCUT2D eigenvalue weighted by Gasteiger charge is 2.34. The lowest BCUT2D eigenvalue weighted by molar-refractivity contribution is -0.122. The molecule has 0 radical (unpaired) electrons. The molecular formula is C16H14Cl2N2O4S. The number of hydrogen-bond acceptors (Lipinski definition) is 4. The number of anilines is 2. The number of nitrogens with zero attached hydrogens (tertiary/aromatic N) is 1. The summed E-state index contributed by atoms with van der Waals surface area (Å²) in [4.78, 5) is 12.5. The molecule has 0 bridgehead atoms. The molecule has 3 rings (SSSR count). The minimum Gasteiger partial charge on any atom is -0.476 e. The van der Waals surface area contributed by atoms with E-state index in [9.17, 15) is 13.2 Å². The quantitative estimate of drug-likeness (QED) is 0.858. The van der Waals surface area contributed by atoms with Crippen LogP contribution in [0.1, 0.15) is 0 Å². The number of fused-ring (bicyclic) bond motifs is 1. The van der Waals surface area contributed by atoms with E-state index in [0.29, 0.717) is 27.2 Å². The van der Waals surface area contributed by atoms with Crippen molar-refractivity contribution in [3.05, 3.63) is 52.5 Å². The zero-order valence-electron chi connectivity index (χ0n) is 13.1. The Labute approximate surface area is 155 Å². The number of rotatable bonds is 3. The van der Waals surface area contributed by atoms with Crippen LogP contribution in [0.2, 0.25) is 10.0 Å². The molecule has 2 aromatic carbocycles. The first kappa shape index (κ1) is 17.8. The van der Waals surface area contributed by atoms with E-state index >= 15 is 0 Å². The van der Waals surface area contributed by atoms with Crippen LogP contribution in [0.25, 0.3) is 0 Å². The summed E-state index contributed by atoms with van der Waals surface area (Å²) in [6, 6.07) is 11.3. The Morgan fingerprint density at radius 1 is 1.20 bits per heavy atom. The van der Waals surface area contributed by atoms with Crippen LogP contribution in [-0.4, -0.2) is 33.2 Å². The molecule has 1 aliphatic heterocycles. The van der Waals surface area contributed by atoms with Crippen LogP contribution in [0, 0.1) is 0 Å². The van der Waals surface area contributed by atoms with Gasteiger partial charge in [-0.3, -0.25) is 9.10 Å². The fourth-order valence-electron chi connectivity index (χ4n) is 2.45. The molecular weight excluding hydrogens is 387 g/mol. The van der Waals surface area contributed by atoms with E-state index in [2.05, 4.69) is 5.32 Å².